The van der Waals surface area contributed by atoms with Crippen LogP contribution in [-0.4, -0.2) is 4.98 Å². The molecule has 2 N–H and O–H groups in total. The first kappa shape index (κ1) is 13.0. The molecule has 8 heteroatoms. The molecule has 1 aromatic carbocycles. The first-order valence-corrected chi connectivity index (χ1v) is 4.82. The predicted molar refractivity (Wildman–Crippen MR) is 55.8 cm³/mol. The van der Waals surface area contributed by atoms with E-state index in [4.69, 9.17) is 11.0 Å². The highest BCUT2D eigenvalue weighted by atomic mass is 19.4. The van der Waals surface area contributed by atoms with Gasteiger partial charge in [-0.25, -0.2) is 13.8 Å². The maximum absolute atomic E-state index is 13.5. The number of hydrogen-bond donors (Lipinski definition) is 1. The second-order valence-corrected chi connectivity index (χ2v) is 3.61. The lowest BCUT2D eigenvalue weighted by molar-refractivity contribution is -0.141. The molecule has 0 aliphatic carbocycles. The van der Waals surface area contributed by atoms with Gasteiger partial charge >= 0.3 is 6.18 Å². The number of nitrogens with two attached hydrogens (primary N) is 1. The Kier molecular flexibility index (Phi) is 2.77. The Morgan fingerprint density at radius 1 is 1.16 bits per heavy atom. The third-order valence-corrected chi connectivity index (χ3v) is 2.46. The quantitative estimate of drug-likeness (QED) is 0.750. The number of fused-ring (bicyclic) bond motifs is 1. The van der Waals surface area contributed by atoms with E-state index in [-0.39, 0.29) is 0 Å². The van der Waals surface area contributed by atoms with Crippen LogP contribution in [0.2, 0.25) is 0 Å². The normalized spacial score (nSPS) is 11.6. The summed E-state index contributed by atoms with van der Waals surface area (Å²) in [5, 5.41) is 8.06. The lowest BCUT2D eigenvalue weighted by Crippen LogP contribution is -2.14. The van der Waals surface area contributed by atoms with Crippen LogP contribution in [0.4, 0.5) is 27.6 Å². The summed E-state index contributed by atoms with van der Waals surface area (Å²) in [5.74, 6) is -2.20. The Balaban J connectivity index is 3.04. The highest BCUT2D eigenvalue weighted by Crippen LogP contribution is 2.37. The van der Waals surface area contributed by atoms with Crippen LogP contribution in [0, 0.1) is 23.0 Å². The summed E-state index contributed by atoms with van der Waals surface area (Å²) in [7, 11) is 0. The number of alkyl halides is 3. The SMILES string of the molecule is N#Cc1c(C(F)(F)F)nc2c(F)ccc(F)c2c1N. The Labute approximate surface area is 103 Å². The molecule has 0 amide bonds. The van der Waals surface area contributed by atoms with Gasteiger partial charge in [0, 0.05) is 0 Å². The van der Waals surface area contributed by atoms with Gasteiger partial charge in [0.1, 0.15) is 28.8 Å². The van der Waals surface area contributed by atoms with Gasteiger partial charge in [0.25, 0.3) is 0 Å². The zero-order chi connectivity index (χ0) is 14.4. The van der Waals surface area contributed by atoms with Crippen molar-refractivity contribution in [2.75, 3.05) is 5.73 Å². The highest BCUT2D eigenvalue weighted by Gasteiger charge is 2.38. The number of hydrogen-bond acceptors (Lipinski definition) is 3. The molecule has 0 radical (unpaired) electrons. The van der Waals surface area contributed by atoms with Crippen molar-refractivity contribution in [3.8, 4) is 6.07 Å². The molecular weight excluding hydrogens is 269 g/mol. The summed E-state index contributed by atoms with van der Waals surface area (Å²) >= 11 is 0. The first-order chi connectivity index (χ1) is 8.77. The lowest BCUT2D eigenvalue weighted by Gasteiger charge is -2.12. The summed E-state index contributed by atoms with van der Waals surface area (Å²) in [5.41, 5.74) is 1.03. The summed E-state index contributed by atoms with van der Waals surface area (Å²) in [6.07, 6.45) is -4.99. The van der Waals surface area contributed by atoms with Gasteiger partial charge in [0.2, 0.25) is 0 Å². The molecule has 2 rings (SSSR count). The Hall–Kier alpha value is -2.43. The smallest absolute Gasteiger partial charge is 0.397 e. The van der Waals surface area contributed by atoms with Crippen molar-refractivity contribution in [1.82, 2.24) is 4.98 Å². The number of nitrogen functional groups attached to an aromatic ring is 1. The summed E-state index contributed by atoms with van der Waals surface area (Å²) in [4.78, 5) is 3.00. The van der Waals surface area contributed by atoms with Crippen LogP contribution in [-0.2, 0) is 6.18 Å². The standard InChI is InChI=1S/C11H4F5N3/c12-5-1-2-6(13)9-7(5)8(18)4(3-17)10(19-9)11(14,15)16/h1-2H,(H2,18,19). The van der Waals surface area contributed by atoms with Crippen molar-refractivity contribution in [3.05, 3.63) is 35.0 Å². The van der Waals surface area contributed by atoms with Gasteiger partial charge in [-0.2, -0.15) is 18.4 Å². The van der Waals surface area contributed by atoms with E-state index in [2.05, 4.69) is 4.98 Å². The first-order valence-electron chi connectivity index (χ1n) is 4.82. The van der Waals surface area contributed by atoms with Gasteiger partial charge in [-0.15, -0.1) is 0 Å². The lowest BCUT2D eigenvalue weighted by atomic mass is 10.1. The molecule has 0 atom stereocenters. The fraction of sp³-hybridized carbons (Fsp3) is 0.0909. The molecular formula is C11H4F5N3. The number of nitriles is 1. The van der Waals surface area contributed by atoms with Gasteiger partial charge in [-0.1, -0.05) is 0 Å². The van der Waals surface area contributed by atoms with Gasteiger partial charge in [-0.3, -0.25) is 0 Å². The summed E-state index contributed by atoms with van der Waals surface area (Å²) < 4.78 is 65.0. The van der Waals surface area contributed by atoms with Crippen LogP contribution in [0.15, 0.2) is 12.1 Å². The topological polar surface area (TPSA) is 62.7 Å². The average Bonchev–Trinajstić information content (AvgIpc) is 2.32. The van der Waals surface area contributed by atoms with Gasteiger partial charge < -0.3 is 5.73 Å². The molecule has 1 heterocycles. The highest BCUT2D eigenvalue weighted by molar-refractivity contribution is 5.94. The zero-order valence-corrected chi connectivity index (χ0v) is 9.02. The number of rotatable bonds is 0. The fourth-order valence-electron chi connectivity index (χ4n) is 1.65. The van der Waals surface area contributed by atoms with Crippen LogP contribution in [0.5, 0.6) is 0 Å². The average molecular weight is 273 g/mol. The van der Waals surface area contributed by atoms with Crippen LogP contribution < -0.4 is 5.73 Å². The molecule has 98 valence electrons. The van der Waals surface area contributed by atoms with Gasteiger partial charge in [-0.05, 0) is 12.1 Å². The van der Waals surface area contributed by atoms with E-state index in [1.807, 2.05) is 0 Å². The minimum absolute atomic E-state index is 0.635. The molecule has 0 aliphatic rings. The minimum Gasteiger partial charge on any atom is -0.397 e. The molecule has 0 bridgehead atoms. The van der Waals surface area contributed by atoms with E-state index in [1.54, 1.807) is 0 Å². The fourth-order valence-corrected chi connectivity index (χ4v) is 1.65. The van der Waals surface area contributed by atoms with Crippen LogP contribution in [0.3, 0.4) is 0 Å². The second-order valence-electron chi connectivity index (χ2n) is 3.61. The largest absolute Gasteiger partial charge is 0.434 e. The van der Waals surface area contributed by atoms with Crippen molar-refractivity contribution in [2.24, 2.45) is 0 Å². The van der Waals surface area contributed by atoms with Crippen LogP contribution in [0.1, 0.15) is 11.3 Å². The third-order valence-electron chi connectivity index (χ3n) is 2.46. The molecule has 0 saturated heterocycles. The van der Waals surface area contributed by atoms with Crippen LogP contribution >= 0.6 is 0 Å². The molecule has 0 saturated carbocycles. The Morgan fingerprint density at radius 2 is 1.74 bits per heavy atom. The minimum atomic E-state index is -4.99. The summed E-state index contributed by atoms with van der Waals surface area (Å²) in [6.45, 7) is 0. The van der Waals surface area contributed by atoms with E-state index in [0.29, 0.717) is 12.1 Å². The Bertz CT molecular complexity index is 715. The van der Waals surface area contributed by atoms with E-state index in [1.165, 1.54) is 6.07 Å². The van der Waals surface area contributed by atoms with Crippen molar-refractivity contribution in [3.63, 3.8) is 0 Å². The van der Waals surface area contributed by atoms with E-state index in [0.717, 1.165) is 0 Å². The number of benzene rings is 1. The Morgan fingerprint density at radius 3 is 2.26 bits per heavy atom. The molecule has 0 unspecified atom stereocenters. The van der Waals surface area contributed by atoms with E-state index in [9.17, 15) is 22.0 Å². The van der Waals surface area contributed by atoms with Gasteiger partial charge in [0.15, 0.2) is 5.69 Å². The number of nitrogens with zero attached hydrogens (tertiary/aromatic N) is 2. The number of halogens is 5. The van der Waals surface area contributed by atoms with E-state index < -0.39 is 45.7 Å². The number of anilines is 1. The zero-order valence-electron chi connectivity index (χ0n) is 9.02. The monoisotopic (exact) mass is 273 g/mol. The van der Waals surface area contributed by atoms with Crippen LogP contribution in [0.25, 0.3) is 10.9 Å². The summed E-state index contributed by atoms with van der Waals surface area (Å²) in [6, 6.07) is 2.55. The molecule has 0 spiro atoms. The second kappa shape index (κ2) is 4.05. The van der Waals surface area contributed by atoms with Crippen molar-refractivity contribution < 1.29 is 22.0 Å². The third kappa shape index (κ3) is 1.93. The van der Waals surface area contributed by atoms with Crippen molar-refractivity contribution in [2.45, 2.75) is 6.18 Å². The molecule has 3 nitrogen and oxygen atoms in total. The molecule has 19 heavy (non-hydrogen) atoms. The van der Waals surface area contributed by atoms with E-state index >= 15 is 0 Å². The molecule has 2 aromatic rings. The number of aromatic nitrogens is 1. The molecule has 0 fully saturated rings. The predicted octanol–water partition coefficient (Wildman–Crippen LogP) is 2.99. The number of pyridine rings is 1. The molecule has 1 aromatic heterocycles. The maximum atomic E-state index is 13.5. The maximum Gasteiger partial charge on any atom is 0.434 e. The molecule has 0 aliphatic heterocycles. The van der Waals surface area contributed by atoms with Gasteiger partial charge in [0.05, 0.1) is 11.1 Å². The van der Waals surface area contributed by atoms with Crippen molar-refractivity contribution in [1.29, 1.82) is 5.26 Å². The van der Waals surface area contributed by atoms with Crippen molar-refractivity contribution >= 4 is 16.6 Å².